The molecule has 4 rings (SSSR count). The van der Waals surface area contributed by atoms with Crippen LogP contribution in [0.15, 0.2) is 47.9 Å². The van der Waals surface area contributed by atoms with E-state index in [1.165, 1.54) is 18.2 Å². The first-order chi connectivity index (χ1) is 15.0. The van der Waals surface area contributed by atoms with Crippen molar-refractivity contribution >= 4 is 29.3 Å². The van der Waals surface area contributed by atoms with Gasteiger partial charge in [0.25, 0.3) is 0 Å². The van der Waals surface area contributed by atoms with E-state index in [2.05, 4.69) is 29.0 Å². The number of hydrogen-bond acceptors (Lipinski definition) is 5. The summed E-state index contributed by atoms with van der Waals surface area (Å²) >= 11 is 7.83. The smallest absolute Gasteiger partial charge is 0.233 e. The zero-order chi connectivity index (χ0) is 22.0. The summed E-state index contributed by atoms with van der Waals surface area (Å²) in [5.74, 6) is 1.16. The van der Waals surface area contributed by atoms with Crippen molar-refractivity contribution in [3.05, 3.63) is 53.3 Å². The predicted molar refractivity (Wildman–Crippen MR) is 125 cm³/mol. The highest BCUT2D eigenvalue weighted by Crippen LogP contribution is 2.32. The van der Waals surface area contributed by atoms with Crippen LogP contribution in [0, 0.1) is 6.92 Å². The zero-order valence-electron chi connectivity index (χ0n) is 18.0. The number of rotatable bonds is 5. The topological polar surface area (TPSA) is 63.9 Å². The second kappa shape index (κ2) is 9.40. The van der Waals surface area contributed by atoms with E-state index in [9.17, 15) is 4.79 Å². The van der Waals surface area contributed by atoms with Crippen molar-refractivity contribution in [1.82, 2.24) is 24.6 Å². The Balaban J connectivity index is 1.67. The van der Waals surface area contributed by atoms with Crippen LogP contribution < -0.4 is 0 Å². The van der Waals surface area contributed by atoms with Gasteiger partial charge in [-0.1, -0.05) is 29.4 Å². The van der Waals surface area contributed by atoms with E-state index in [-0.39, 0.29) is 18.0 Å². The number of thioether (sulfide) groups is 1. The van der Waals surface area contributed by atoms with Gasteiger partial charge in [0.15, 0.2) is 11.0 Å². The fourth-order valence-electron chi connectivity index (χ4n) is 4.22. The molecule has 8 heteroatoms. The molecule has 1 aromatic carbocycles. The summed E-state index contributed by atoms with van der Waals surface area (Å²) < 4.78 is 1.98. The maximum absolute atomic E-state index is 13.1. The Kier molecular flexibility index (Phi) is 6.62. The number of halogens is 1. The highest BCUT2D eigenvalue weighted by atomic mass is 35.5. The maximum atomic E-state index is 13.1. The lowest BCUT2D eigenvalue weighted by molar-refractivity contribution is -0.134. The molecule has 1 saturated heterocycles. The van der Waals surface area contributed by atoms with Gasteiger partial charge >= 0.3 is 0 Å². The molecule has 1 aliphatic rings. The summed E-state index contributed by atoms with van der Waals surface area (Å²) in [6.45, 7) is 6.25. The molecule has 31 heavy (non-hydrogen) atoms. The fourth-order valence-corrected chi connectivity index (χ4v) is 5.20. The molecule has 1 fully saturated rings. The Bertz CT molecular complexity index is 1060. The Morgan fingerprint density at radius 1 is 1.13 bits per heavy atom. The zero-order valence-corrected chi connectivity index (χ0v) is 19.5. The number of aromatic nitrogens is 4. The number of nitrogens with zero attached hydrogens (tertiary/aromatic N) is 5. The fraction of sp³-hybridized carbons (Fsp3) is 0.391. The average molecular weight is 456 g/mol. The highest BCUT2D eigenvalue weighted by molar-refractivity contribution is 7.99. The lowest BCUT2D eigenvalue weighted by Gasteiger charge is -2.39. The highest BCUT2D eigenvalue weighted by Gasteiger charge is 2.29. The molecule has 0 spiro atoms. The molecule has 1 amide bonds. The van der Waals surface area contributed by atoms with Gasteiger partial charge in [-0.15, -0.1) is 10.2 Å². The number of hydrogen-bond donors (Lipinski definition) is 0. The van der Waals surface area contributed by atoms with Crippen LogP contribution in [0.4, 0.5) is 0 Å². The minimum atomic E-state index is 0.146. The molecule has 3 heterocycles. The van der Waals surface area contributed by atoms with Gasteiger partial charge < -0.3 is 4.90 Å². The first-order valence-electron chi connectivity index (χ1n) is 10.5. The molecule has 2 atom stereocenters. The third kappa shape index (κ3) is 4.48. The summed E-state index contributed by atoms with van der Waals surface area (Å²) in [5, 5.41) is 10.2. The van der Waals surface area contributed by atoms with Crippen molar-refractivity contribution < 1.29 is 4.79 Å². The minimum Gasteiger partial charge on any atom is -0.337 e. The second-order valence-electron chi connectivity index (χ2n) is 7.98. The van der Waals surface area contributed by atoms with Crippen LogP contribution in [-0.4, -0.2) is 48.4 Å². The SMILES string of the molecule is Cc1c(Cl)cccc1-n1c(SCC(=O)N2[C@H](C)CCC[C@H]2C)nnc1-c1ccncc1. The van der Waals surface area contributed by atoms with Crippen LogP contribution in [0.25, 0.3) is 17.1 Å². The van der Waals surface area contributed by atoms with Crippen LogP contribution in [0.5, 0.6) is 0 Å². The van der Waals surface area contributed by atoms with Crippen molar-refractivity contribution in [2.75, 3.05) is 5.75 Å². The summed E-state index contributed by atoms with van der Waals surface area (Å²) in [4.78, 5) is 19.2. The summed E-state index contributed by atoms with van der Waals surface area (Å²) in [6, 6.07) is 10.1. The maximum Gasteiger partial charge on any atom is 0.233 e. The molecule has 162 valence electrons. The Morgan fingerprint density at radius 3 is 2.55 bits per heavy atom. The van der Waals surface area contributed by atoms with E-state index in [4.69, 9.17) is 11.6 Å². The van der Waals surface area contributed by atoms with Crippen molar-refractivity contribution in [2.45, 2.75) is 57.3 Å². The monoisotopic (exact) mass is 455 g/mol. The quantitative estimate of drug-likeness (QED) is 0.496. The molecule has 0 unspecified atom stereocenters. The van der Waals surface area contributed by atoms with Gasteiger partial charge in [-0.05, 0) is 69.9 Å². The van der Waals surface area contributed by atoms with E-state index >= 15 is 0 Å². The van der Waals surface area contributed by atoms with Gasteiger partial charge in [-0.2, -0.15) is 0 Å². The van der Waals surface area contributed by atoms with Gasteiger partial charge in [0.2, 0.25) is 5.91 Å². The summed E-state index contributed by atoms with van der Waals surface area (Å²) in [5.41, 5.74) is 2.74. The number of amides is 1. The molecule has 1 aliphatic heterocycles. The van der Waals surface area contributed by atoms with Crippen molar-refractivity contribution in [3.8, 4) is 17.1 Å². The molecular weight excluding hydrogens is 430 g/mol. The lowest BCUT2D eigenvalue weighted by atomic mass is 9.98. The normalized spacial score (nSPS) is 18.9. The number of carbonyl (C=O) groups excluding carboxylic acids is 1. The van der Waals surface area contributed by atoms with Crippen molar-refractivity contribution in [3.63, 3.8) is 0 Å². The second-order valence-corrected chi connectivity index (χ2v) is 9.33. The third-order valence-corrected chi connectivity index (χ3v) is 7.18. The van der Waals surface area contributed by atoms with Gasteiger partial charge in [-0.3, -0.25) is 14.3 Å². The van der Waals surface area contributed by atoms with Crippen molar-refractivity contribution in [2.24, 2.45) is 0 Å². The first-order valence-corrected chi connectivity index (χ1v) is 11.9. The number of likely N-dealkylation sites (tertiary alicyclic amines) is 1. The number of pyridine rings is 1. The summed E-state index contributed by atoms with van der Waals surface area (Å²) in [7, 11) is 0. The minimum absolute atomic E-state index is 0.146. The Hall–Kier alpha value is -2.38. The van der Waals surface area contributed by atoms with Gasteiger partial charge in [0, 0.05) is 35.1 Å². The molecule has 2 aromatic heterocycles. The molecular formula is C23H26ClN5OS. The van der Waals surface area contributed by atoms with E-state index in [1.54, 1.807) is 12.4 Å². The largest absolute Gasteiger partial charge is 0.337 e. The number of benzene rings is 1. The molecule has 6 nitrogen and oxygen atoms in total. The van der Waals surface area contributed by atoms with E-state index in [1.807, 2.05) is 46.7 Å². The van der Waals surface area contributed by atoms with E-state index in [0.717, 1.165) is 29.7 Å². The van der Waals surface area contributed by atoms with E-state index < -0.39 is 0 Å². The van der Waals surface area contributed by atoms with Crippen LogP contribution in [0.3, 0.4) is 0 Å². The average Bonchev–Trinajstić information content (AvgIpc) is 3.18. The molecule has 0 aliphatic carbocycles. The Morgan fingerprint density at radius 2 is 1.84 bits per heavy atom. The molecule has 3 aromatic rings. The van der Waals surface area contributed by atoms with E-state index in [0.29, 0.717) is 21.8 Å². The molecule has 0 saturated carbocycles. The van der Waals surface area contributed by atoms with Crippen LogP contribution >= 0.6 is 23.4 Å². The predicted octanol–water partition coefficient (Wildman–Crippen LogP) is 5.17. The molecule has 0 radical (unpaired) electrons. The van der Waals surface area contributed by atoms with Gasteiger partial charge in [0.05, 0.1) is 11.4 Å². The number of piperidine rings is 1. The standard InChI is InChI=1S/C23H26ClN5OS/c1-15-6-4-7-16(2)28(15)21(30)14-31-23-27-26-22(18-10-12-25-13-11-18)29(23)20-9-5-8-19(24)17(20)3/h5,8-13,15-16H,4,6-7,14H2,1-3H3/t15-,16-/m1/s1. The number of carbonyl (C=O) groups is 1. The van der Waals surface area contributed by atoms with Crippen LogP contribution in [-0.2, 0) is 4.79 Å². The van der Waals surface area contributed by atoms with Gasteiger partial charge in [-0.25, -0.2) is 0 Å². The first kappa shape index (κ1) is 21.8. The molecule has 0 bridgehead atoms. The third-order valence-electron chi connectivity index (χ3n) is 5.86. The Labute approximate surface area is 192 Å². The lowest BCUT2D eigenvalue weighted by Crippen LogP contribution is -2.48. The molecule has 0 N–H and O–H groups in total. The summed E-state index contributed by atoms with van der Waals surface area (Å²) in [6.07, 6.45) is 6.76. The van der Waals surface area contributed by atoms with Crippen LogP contribution in [0.1, 0.15) is 38.7 Å². The van der Waals surface area contributed by atoms with Gasteiger partial charge in [0.1, 0.15) is 0 Å². The van der Waals surface area contributed by atoms with Crippen LogP contribution in [0.2, 0.25) is 5.02 Å². The van der Waals surface area contributed by atoms with Crippen molar-refractivity contribution in [1.29, 1.82) is 0 Å².